The van der Waals surface area contributed by atoms with Crippen molar-refractivity contribution in [2.24, 2.45) is 0 Å². The zero-order valence-electron chi connectivity index (χ0n) is 18.6. The summed E-state index contributed by atoms with van der Waals surface area (Å²) >= 11 is 0. The number of hydrogen-bond donors (Lipinski definition) is 4. The molecule has 0 aromatic heterocycles. The number of unbranched alkanes of at least 4 members (excludes halogenated alkanes) is 14. The van der Waals surface area contributed by atoms with Crippen LogP contribution in [0.15, 0.2) is 0 Å². The summed E-state index contributed by atoms with van der Waals surface area (Å²) in [7, 11) is 0. The van der Waals surface area contributed by atoms with Gasteiger partial charge in [-0.15, -0.1) is 0 Å². The highest BCUT2D eigenvalue weighted by atomic mass is 16.6. The van der Waals surface area contributed by atoms with Gasteiger partial charge in [0.15, 0.2) is 6.10 Å². The fourth-order valence-electron chi connectivity index (χ4n) is 3.47. The molecule has 174 valence electrons. The van der Waals surface area contributed by atoms with Crippen molar-refractivity contribution in [1.82, 2.24) is 0 Å². The van der Waals surface area contributed by atoms with Gasteiger partial charge in [-0.1, -0.05) is 96.8 Å². The topological polar surface area (TPSA) is 107 Å². The summed E-state index contributed by atoms with van der Waals surface area (Å²) in [4.78, 5) is 11.8. The number of esters is 1. The zero-order chi connectivity index (χ0) is 21.7. The second kappa shape index (κ2) is 20.6. The first-order valence-corrected chi connectivity index (χ1v) is 11.8. The summed E-state index contributed by atoms with van der Waals surface area (Å²) < 4.78 is 5.02. The number of aliphatic hydroxyl groups excluding tert-OH is 4. The van der Waals surface area contributed by atoms with Crippen LogP contribution in [0.2, 0.25) is 0 Å². The van der Waals surface area contributed by atoms with E-state index in [0.29, 0.717) is 6.42 Å². The summed E-state index contributed by atoms with van der Waals surface area (Å²) in [6.45, 7) is 0.962. The molecular weight excluding hydrogens is 372 g/mol. The third-order valence-corrected chi connectivity index (χ3v) is 5.38. The Morgan fingerprint density at radius 2 is 1.00 bits per heavy atom. The Bertz CT molecular complexity index is 353. The third-order valence-electron chi connectivity index (χ3n) is 5.38. The maximum Gasteiger partial charge on any atom is 0.306 e. The van der Waals surface area contributed by atoms with Crippen LogP contribution >= 0.6 is 0 Å². The van der Waals surface area contributed by atoms with E-state index in [1.165, 1.54) is 77.0 Å². The quantitative estimate of drug-likeness (QED) is 0.166. The molecule has 0 saturated carbocycles. The number of rotatable bonds is 21. The number of carbonyl (C=O) groups is 1. The molecule has 0 rings (SSSR count). The molecule has 0 aromatic rings. The summed E-state index contributed by atoms with van der Waals surface area (Å²) in [5.74, 6) is -0.523. The fourth-order valence-corrected chi connectivity index (χ4v) is 3.47. The normalized spacial score (nSPS) is 14.5. The van der Waals surface area contributed by atoms with E-state index < -0.39 is 37.5 Å². The third kappa shape index (κ3) is 16.8. The minimum Gasteiger partial charge on any atom is -0.457 e. The standard InChI is InChI=1S/C23H46O6/c1-2-3-4-5-6-7-8-9-10-11-12-13-14-15-16-17-22(28)29-23(20(26)18-24)21(27)19-25/h20-21,23-27H,2-19H2,1H3. The van der Waals surface area contributed by atoms with Crippen LogP contribution < -0.4 is 0 Å². The molecule has 0 saturated heterocycles. The molecule has 4 N–H and O–H groups in total. The van der Waals surface area contributed by atoms with Crippen molar-refractivity contribution in [3.05, 3.63) is 0 Å². The van der Waals surface area contributed by atoms with E-state index in [1.807, 2.05) is 0 Å². The van der Waals surface area contributed by atoms with Crippen LogP contribution in [0.5, 0.6) is 0 Å². The van der Waals surface area contributed by atoms with Gasteiger partial charge in [0.1, 0.15) is 12.2 Å². The second-order valence-electron chi connectivity index (χ2n) is 8.15. The van der Waals surface area contributed by atoms with Gasteiger partial charge in [-0.25, -0.2) is 0 Å². The van der Waals surface area contributed by atoms with Crippen LogP contribution in [0.3, 0.4) is 0 Å². The van der Waals surface area contributed by atoms with E-state index in [0.717, 1.165) is 12.8 Å². The van der Waals surface area contributed by atoms with Gasteiger partial charge in [-0.3, -0.25) is 4.79 Å². The Kier molecular flexibility index (Phi) is 20.1. The predicted molar refractivity (Wildman–Crippen MR) is 116 cm³/mol. The SMILES string of the molecule is CCCCCCCCCCCCCCCCCC(=O)OC(C(O)CO)C(O)CO. The molecular formula is C23H46O6. The van der Waals surface area contributed by atoms with Gasteiger partial charge in [0.2, 0.25) is 0 Å². The highest BCUT2D eigenvalue weighted by Crippen LogP contribution is 2.14. The molecule has 6 heteroatoms. The molecule has 2 unspecified atom stereocenters. The first-order chi connectivity index (χ1) is 14.1. The summed E-state index contributed by atoms with van der Waals surface area (Å²) in [5.41, 5.74) is 0. The first kappa shape index (κ1) is 28.3. The highest BCUT2D eigenvalue weighted by Gasteiger charge is 2.29. The summed E-state index contributed by atoms with van der Waals surface area (Å²) in [6.07, 6.45) is 14.9. The van der Waals surface area contributed by atoms with Crippen molar-refractivity contribution in [1.29, 1.82) is 0 Å². The van der Waals surface area contributed by atoms with Gasteiger partial charge >= 0.3 is 5.97 Å². The van der Waals surface area contributed by atoms with Crippen molar-refractivity contribution in [2.75, 3.05) is 13.2 Å². The average molecular weight is 419 g/mol. The Morgan fingerprint density at radius 3 is 1.34 bits per heavy atom. The largest absolute Gasteiger partial charge is 0.457 e. The van der Waals surface area contributed by atoms with Crippen LogP contribution in [0.1, 0.15) is 110 Å². The van der Waals surface area contributed by atoms with E-state index >= 15 is 0 Å². The van der Waals surface area contributed by atoms with E-state index in [9.17, 15) is 15.0 Å². The van der Waals surface area contributed by atoms with Crippen molar-refractivity contribution >= 4 is 5.97 Å². The van der Waals surface area contributed by atoms with Crippen LogP contribution in [-0.4, -0.2) is 57.9 Å². The van der Waals surface area contributed by atoms with Gasteiger partial charge in [0, 0.05) is 6.42 Å². The van der Waals surface area contributed by atoms with E-state index in [2.05, 4.69) is 6.92 Å². The molecule has 0 aliphatic rings. The monoisotopic (exact) mass is 418 g/mol. The Hall–Kier alpha value is -0.690. The number of aliphatic hydroxyl groups is 4. The molecule has 0 bridgehead atoms. The van der Waals surface area contributed by atoms with Crippen LogP contribution in [0.4, 0.5) is 0 Å². The van der Waals surface area contributed by atoms with E-state index in [-0.39, 0.29) is 6.42 Å². The van der Waals surface area contributed by atoms with Gasteiger partial charge < -0.3 is 25.2 Å². The minimum absolute atomic E-state index is 0.213. The van der Waals surface area contributed by atoms with Crippen LogP contribution in [0, 0.1) is 0 Å². The summed E-state index contributed by atoms with van der Waals surface area (Å²) in [6, 6.07) is 0. The van der Waals surface area contributed by atoms with Crippen molar-refractivity contribution in [3.8, 4) is 0 Å². The molecule has 0 aliphatic heterocycles. The second-order valence-corrected chi connectivity index (χ2v) is 8.15. The number of ether oxygens (including phenoxy) is 1. The molecule has 0 fully saturated rings. The maximum atomic E-state index is 11.8. The predicted octanol–water partition coefficient (Wildman–Crippen LogP) is 3.87. The molecule has 6 nitrogen and oxygen atoms in total. The lowest BCUT2D eigenvalue weighted by Crippen LogP contribution is -2.44. The molecule has 0 aromatic carbocycles. The van der Waals surface area contributed by atoms with E-state index in [1.54, 1.807) is 0 Å². The number of hydrogen-bond acceptors (Lipinski definition) is 6. The van der Waals surface area contributed by atoms with Gasteiger partial charge in [0.25, 0.3) is 0 Å². The van der Waals surface area contributed by atoms with Gasteiger partial charge in [-0.05, 0) is 6.42 Å². The molecule has 0 aliphatic carbocycles. The lowest BCUT2D eigenvalue weighted by atomic mass is 10.0. The van der Waals surface area contributed by atoms with Crippen LogP contribution in [-0.2, 0) is 9.53 Å². The van der Waals surface area contributed by atoms with E-state index in [4.69, 9.17) is 14.9 Å². The molecule has 0 spiro atoms. The highest BCUT2D eigenvalue weighted by molar-refractivity contribution is 5.69. The van der Waals surface area contributed by atoms with Crippen molar-refractivity contribution < 1.29 is 30.0 Å². The molecule has 0 amide bonds. The Balaban J connectivity index is 3.50. The molecule has 0 radical (unpaired) electrons. The smallest absolute Gasteiger partial charge is 0.306 e. The fraction of sp³-hybridized carbons (Fsp3) is 0.957. The lowest BCUT2D eigenvalue weighted by molar-refractivity contribution is -0.169. The molecule has 2 atom stereocenters. The van der Waals surface area contributed by atoms with Gasteiger partial charge in [0.05, 0.1) is 13.2 Å². The van der Waals surface area contributed by atoms with Gasteiger partial charge in [-0.2, -0.15) is 0 Å². The summed E-state index contributed by atoms with van der Waals surface area (Å²) in [5, 5.41) is 37.0. The lowest BCUT2D eigenvalue weighted by Gasteiger charge is -2.25. The Morgan fingerprint density at radius 1 is 0.655 bits per heavy atom. The first-order valence-electron chi connectivity index (χ1n) is 11.8. The molecule has 29 heavy (non-hydrogen) atoms. The van der Waals surface area contributed by atoms with Crippen molar-refractivity contribution in [2.45, 2.75) is 128 Å². The zero-order valence-corrected chi connectivity index (χ0v) is 18.6. The maximum absolute atomic E-state index is 11.8. The minimum atomic E-state index is -1.40. The molecule has 0 heterocycles. The Labute approximate surface area is 177 Å². The average Bonchev–Trinajstić information content (AvgIpc) is 2.73. The number of carbonyl (C=O) groups excluding carboxylic acids is 1. The van der Waals surface area contributed by atoms with Crippen molar-refractivity contribution in [3.63, 3.8) is 0 Å². The van der Waals surface area contributed by atoms with Crippen LogP contribution in [0.25, 0.3) is 0 Å².